The molecule has 0 bridgehead atoms. The lowest BCUT2D eigenvalue weighted by Gasteiger charge is -2.11. The van der Waals surface area contributed by atoms with Crippen molar-refractivity contribution in [3.8, 4) is 11.5 Å². The summed E-state index contributed by atoms with van der Waals surface area (Å²) in [5, 5.41) is 7.73. The van der Waals surface area contributed by atoms with Gasteiger partial charge in [-0.25, -0.2) is 13.6 Å². The van der Waals surface area contributed by atoms with Crippen molar-refractivity contribution >= 4 is 27.5 Å². The molecule has 2 rings (SSSR count). The summed E-state index contributed by atoms with van der Waals surface area (Å²) in [6.45, 7) is 0.215. The van der Waals surface area contributed by atoms with Gasteiger partial charge in [-0.3, -0.25) is 4.79 Å². The molecule has 2 aromatic rings. The van der Waals surface area contributed by atoms with Crippen LogP contribution >= 0.6 is 11.6 Å². The quantitative estimate of drug-likeness (QED) is 0.791. The van der Waals surface area contributed by atoms with Crippen molar-refractivity contribution < 1.29 is 22.7 Å². The van der Waals surface area contributed by atoms with Crippen LogP contribution in [0.2, 0.25) is 5.02 Å². The van der Waals surface area contributed by atoms with Crippen LogP contribution in [-0.4, -0.2) is 28.5 Å². The van der Waals surface area contributed by atoms with E-state index in [2.05, 4.69) is 5.32 Å². The first-order valence-corrected chi connectivity index (χ1v) is 9.00. The summed E-state index contributed by atoms with van der Waals surface area (Å²) in [4.78, 5) is 11.9. The molecule has 0 radical (unpaired) electrons. The Balaban J connectivity index is 2.16. The van der Waals surface area contributed by atoms with Gasteiger partial charge in [-0.15, -0.1) is 0 Å². The van der Waals surface area contributed by atoms with Gasteiger partial charge in [0.25, 0.3) is 5.91 Å². The van der Waals surface area contributed by atoms with Gasteiger partial charge in [-0.05, 0) is 35.9 Å². The highest BCUT2D eigenvalue weighted by Crippen LogP contribution is 2.27. The standard InChI is InChI=1S/C16H17ClN2O5S/c1-23-13-6-3-10(7-14(13)24-2)9-19-16(20)11-4-5-12(17)15(8-11)25(18,21)22/h3-8H,9H2,1-2H3,(H,19,20)(H2,18,21,22). The molecule has 0 aliphatic heterocycles. The number of primary sulfonamides is 1. The highest BCUT2D eigenvalue weighted by molar-refractivity contribution is 7.89. The van der Waals surface area contributed by atoms with E-state index >= 15 is 0 Å². The third-order valence-corrected chi connectivity index (χ3v) is 4.79. The molecule has 2 aromatic carbocycles. The average Bonchev–Trinajstić information content (AvgIpc) is 2.58. The number of benzene rings is 2. The van der Waals surface area contributed by atoms with Crippen LogP contribution in [0.25, 0.3) is 0 Å². The van der Waals surface area contributed by atoms with E-state index in [4.69, 9.17) is 26.2 Å². The number of hydrogen-bond donors (Lipinski definition) is 2. The number of nitrogens with one attached hydrogen (secondary N) is 1. The number of ether oxygens (including phenoxy) is 2. The maximum atomic E-state index is 12.2. The number of rotatable bonds is 6. The molecule has 25 heavy (non-hydrogen) atoms. The highest BCUT2D eigenvalue weighted by Gasteiger charge is 2.16. The van der Waals surface area contributed by atoms with E-state index < -0.39 is 15.9 Å². The minimum absolute atomic E-state index is 0.0426. The second kappa shape index (κ2) is 7.73. The molecule has 0 fully saturated rings. The highest BCUT2D eigenvalue weighted by atomic mass is 35.5. The topological polar surface area (TPSA) is 108 Å². The normalized spacial score (nSPS) is 11.0. The molecule has 9 heteroatoms. The summed E-state index contributed by atoms with van der Waals surface area (Å²) in [5.74, 6) is 0.654. The molecular formula is C16H17ClN2O5S. The second-order valence-corrected chi connectivity index (χ2v) is 7.00. The molecule has 0 heterocycles. The first-order chi connectivity index (χ1) is 11.8. The summed E-state index contributed by atoms with van der Waals surface area (Å²) in [5.41, 5.74) is 0.917. The molecule has 0 atom stereocenters. The van der Waals surface area contributed by atoms with Gasteiger partial charge in [0.15, 0.2) is 11.5 Å². The van der Waals surface area contributed by atoms with Gasteiger partial charge in [-0.2, -0.15) is 0 Å². The number of carbonyl (C=O) groups is 1. The van der Waals surface area contributed by atoms with E-state index in [0.29, 0.717) is 11.5 Å². The van der Waals surface area contributed by atoms with Gasteiger partial charge in [-0.1, -0.05) is 17.7 Å². The van der Waals surface area contributed by atoms with Crippen molar-refractivity contribution in [2.45, 2.75) is 11.4 Å². The molecule has 0 saturated heterocycles. The molecule has 0 unspecified atom stereocenters. The third-order valence-electron chi connectivity index (χ3n) is 3.40. The average molecular weight is 385 g/mol. The summed E-state index contributed by atoms with van der Waals surface area (Å²) in [6.07, 6.45) is 0. The van der Waals surface area contributed by atoms with Crippen molar-refractivity contribution in [2.24, 2.45) is 5.14 Å². The maximum Gasteiger partial charge on any atom is 0.251 e. The van der Waals surface area contributed by atoms with Crippen LogP contribution in [0.3, 0.4) is 0 Å². The largest absolute Gasteiger partial charge is 0.493 e. The van der Waals surface area contributed by atoms with Crippen LogP contribution in [0.5, 0.6) is 11.5 Å². The lowest BCUT2D eigenvalue weighted by atomic mass is 10.1. The first-order valence-electron chi connectivity index (χ1n) is 7.07. The minimum atomic E-state index is -4.02. The van der Waals surface area contributed by atoms with Crippen LogP contribution in [-0.2, 0) is 16.6 Å². The van der Waals surface area contributed by atoms with Crippen LogP contribution in [0.4, 0.5) is 0 Å². The zero-order chi connectivity index (χ0) is 18.6. The van der Waals surface area contributed by atoms with Gasteiger partial charge in [0.05, 0.1) is 19.2 Å². The fraction of sp³-hybridized carbons (Fsp3) is 0.188. The number of methoxy groups -OCH3 is 2. The number of carbonyl (C=O) groups excluding carboxylic acids is 1. The Morgan fingerprint density at radius 2 is 1.80 bits per heavy atom. The van der Waals surface area contributed by atoms with E-state index in [9.17, 15) is 13.2 Å². The molecule has 0 aromatic heterocycles. The number of amides is 1. The fourth-order valence-corrected chi connectivity index (χ4v) is 3.21. The zero-order valence-electron chi connectivity index (χ0n) is 13.6. The second-order valence-electron chi connectivity index (χ2n) is 5.06. The lowest BCUT2D eigenvalue weighted by Crippen LogP contribution is -2.23. The third kappa shape index (κ3) is 4.62. The molecular weight excluding hydrogens is 368 g/mol. The Kier molecular flexibility index (Phi) is 5.89. The van der Waals surface area contributed by atoms with Gasteiger partial charge in [0.1, 0.15) is 4.90 Å². The fourth-order valence-electron chi connectivity index (χ4n) is 2.14. The Morgan fingerprint density at radius 1 is 1.12 bits per heavy atom. The van der Waals surface area contributed by atoms with Crippen LogP contribution < -0.4 is 19.9 Å². The van der Waals surface area contributed by atoms with Gasteiger partial charge >= 0.3 is 0 Å². The molecule has 0 aliphatic carbocycles. The lowest BCUT2D eigenvalue weighted by molar-refractivity contribution is 0.0950. The summed E-state index contributed by atoms with van der Waals surface area (Å²) < 4.78 is 33.3. The number of sulfonamides is 1. The smallest absolute Gasteiger partial charge is 0.251 e. The Labute approximate surface area is 150 Å². The van der Waals surface area contributed by atoms with E-state index in [1.54, 1.807) is 18.2 Å². The Bertz CT molecular complexity index is 899. The molecule has 0 aliphatic rings. The van der Waals surface area contributed by atoms with Gasteiger partial charge in [0, 0.05) is 12.1 Å². The summed E-state index contributed by atoms with van der Waals surface area (Å²) in [6, 6.07) is 9.10. The predicted octanol–water partition coefficient (Wildman–Crippen LogP) is 1.93. The monoisotopic (exact) mass is 384 g/mol. The Hall–Kier alpha value is -2.29. The first kappa shape index (κ1) is 19.0. The minimum Gasteiger partial charge on any atom is -0.493 e. The summed E-state index contributed by atoms with van der Waals surface area (Å²) >= 11 is 5.80. The Morgan fingerprint density at radius 3 is 2.40 bits per heavy atom. The maximum absolute atomic E-state index is 12.2. The zero-order valence-corrected chi connectivity index (χ0v) is 15.1. The molecule has 7 nitrogen and oxygen atoms in total. The molecule has 1 amide bonds. The van der Waals surface area contributed by atoms with E-state index in [1.165, 1.54) is 26.4 Å². The van der Waals surface area contributed by atoms with Crippen molar-refractivity contribution in [3.63, 3.8) is 0 Å². The van der Waals surface area contributed by atoms with Gasteiger partial charge in [0.2, 0.25) is 10.0 Å². The van der Waals surface area contributed by atoms with Crippen molar-refractivity contribution in [3.05, 3.63) is 52.5 Å². The van der Waals surface area contributed by atoms with E-state index in [1.807, 2.05) is 0 Å². The number of nitrogens with two attached hydrogens (primary N) is 1. The van der Waals surface area contributed by atoms with E-state index in [0.717, 1.165) is 11.6 Å². The van der Waals surface area contributed by atoms with Crippen molar-refractivity contribution in [2.75, 3.05) is 14.2 Å². The number of halogens is 1. The van der Waals surface area contributed by atoms with Crippen LogP contribution in [0.1, 0.15) is 15.9 Å². The summed E-state index contributed by atoms with van der Waals surface area (Å²) in [7, 11) is -0.968. The van der Waals surface area contributed by atoms with E-state index in [-0.39, 0.29) is 22.0 Å². The van der Waals surface area contributed by atoms with Crippen LogP contribution in [0.15, 0.2) is 41.3 Å². The molecule has 0 saturated carbocycles. The molecule has 134 valence electrons. The van der Waals surface area contributed by atoms with Crippen molar-refractivity contribution in [1.82, 2.24) is 5.32 Å². The van der Waals surface area contributed by atoms with Gasteiger partial charge < -0.3 is 14.8 Å². The van der Waals surface area contributed by atoms with Crippen LogP contribution in [0, 0.1) is 0 Å². The van der Waals surface area contributed by atoms with Crippen molar-refractivity contribution in [1.29, 1.82) is 0 Å². The predicted molar refractivity (Wildman–Crippen MR) is 93.5 cm³/mol. The molecule has 3 N–H and O–H groups in total. The SMILES string of the molecule is COc1ccc(CNC(=O)c2ccc(Cl)c(S(N)(=O)=O)c2)cc1OC. The number of hydrogen-bond acceptors (Lipinski definition) is 5. The molecule has 0 spiro atoms.